The summed E-state index contributed by atoms with van der Waals surface area (Å²) in [4.78, 5) is 3.95. The highest BCUT2D eigenvalue weighted by Crippen LogP contribution is 2.28. The first-order valence-corrected chi connectivity index (χ1v) is 5.61. The second-order valence-electron chi connectivity index (χ2n) is 3.39. The molecule has 17 heavy (non-hydrogen) atoms. The second kappa shape index (κ2) is 6.62. The van der Waals surface area contributed by atoms with Crippen molar-refractivity contribution in [2.75, 3.05) is 13.2 Å². The highest BCUT2D eigenvalue weighted by Gasteiger charge is 2.05. The van der Waals surface area contributed by atoms with Gasteiger partial charge < -0.3 is 20.9 Å². The lowest BCUT2D eigenvalue weighted by Gasteiger charge is -2.11. The molecule has 0 aliphatic rings. The molecule has 1 aromatic rings. The molecule has 94 valence electrons. The lowest BCUT2D eigenvalue weighted by molar-refractivity contribution is 0.287. The number of ether oxygens (including phenoxy) is 2. The monoisotopic (exact) mass is 237 g/mol. The predicted octanol–water partition coefficient (Wildman–Crippen LogP) is 1.26. The first kappa shape index (κ1) is 13.2. The highest BCUT2D eigenvalue weighted by atomic mass is 16.5. The minimum atomic E-state index is 0.0804. The van der Waals surface area contributed by atoms with Gasteiger partial charge in [-0.15, -0.1) is 0 Å². The molecule has 0 bridgehead atoms. The third-order valence-corrected chi connectivity index (χ3v) is 2.05. The van der Waals surface area contributed by atoms with Crippen molar-refractivity contribution in [3.8, 4) is 11.5 Å². The van der Waals surface area contributed by atoms with Gasteiger partial charge in [0.2, 0.25) is 0 Å². The molecule has 0 radical (unpaired) electrons. The number of hydrogen-bond donors (Lipinski definition) is 2. The largest absolute Gasteiger partial charge is 0.490 e. The van der Waals surface area contributed by atoms with Crippen LogP contribution in [-0.4, -0.2) is 19.2 Å². The number of hydrogen-bond acceptors (Lipinski definition) is 3. The van der Waals surface area contributed by atoms with Crippen molar-refractivity contribution in [3.63, 3.8) is 0 Å². The van der Waals surface area contributed by atoms with E-state index in [2.05, 4.69) is 4.99 Å². The van der Waals surface area contributed by atoms with Crippen LogP contribution in [-0.2, 0) is 6.54 Å². The molecule has 1 aromatic carbocycles. The smallest absolute Gasteiger partial charge is 0.186 e. The third-order valence-electron chi connectivity index (χ3n) is 2.05. The minimum absolute atomic E-state index is 0.0804. The molecular weight excluding hydrogens is 218 g/mol. The van der Waals surface area contributed by atoms with E-state index in [9.17, 15) is 0 Å². The van der Waals surface area contributed by atoms with Crippen LogP contribution in [0.4, 0.5) is 0 Å². The topological polar surface area (TPSA) is 82.9 Å². The zero-order valence-electron chi connectivity index (χ0n) is 10.3. The van der Waals surface area contributed by atoms with E-state index in [0.717, 1.165) is 17.1 Å². The summed E-state index contributed by atoms with van der Waals surface area (Å²) in [6.07, 6.45) is 0. The van der Waals surface area contributed by atoms with Gasteiger partial charge >= 0.3 is 0 Å². The molecule has 5 nitrogen and oxygen atoms in total. The van der Waals surface area contributed by atoms with E-state index in [1.807, 2.05) is 32.0 Å². The molecule has 0 heterocycles. The maximum Gasteiger partial charge on any atom is 0.186 e. The molecule has 0 fully saturated rings. The Balaban J connectivity index is 2.88. The van der Waals surface area contributed by atoms with Gasteiger partial charge in [-0.3, -0.25) is 0 Å². The molecule has 0 unspecified atom stereocenters. The van der Waals surface area contributed by atoms with E-state index < -0.39 is 0 Å². The number of guanidine groups is 1. The lowest BCUT2D eigenvalue weighted by atomic mass is 10.2. The standard InChI is InChI=1S/C12H19N3O2/c1-3-16-10-6-5-9(8-15-12(13)14)7-11(10)17-4-2/h5-7H,3-4,8H2,1-2H3,(H4,13,14,15). The summed E-state index contributed by atoms with van der Waals surface area (Å²) in [5.41, 5.74) is 11.5. The zero-order valence-corrected chi connectivity index (χ0v) is 10.3. The first-order valence-electron chi connectivity index (χ1n) is 5.61. The van der Waals surface area contributed by atoms with Gasteiger partial charge in [0.15, 0.2) is 17.5 Å². The van der Waals surface area contributed by atoms with Crippen molar-refractivity contribution < 1.29 is 9.47 Å². The van der Waals surface area contributed by atoms with Crippen molar-refractivity contribution >= 4 is 5.96 Å². The van der Waals surface area contributed by atoms with Gasteiger partial charge in [0.25, 0.3) is 0 Å². The number of aliphatic imine (C=N–C) groups is 1. The fourth-order valence-corrected chi connectivity index (χ4v) is 1.38. The van der Waals surface area contributed by atoms with Gasteiger partial charge in [-0.25, -0.2) is 4.99 Å². The van der Waals surface area contributed by atoms with Crippen molar-refractivity contribution in [1.82, 2.24) is 0 Å². The molecular formula is C12H19N3O2. The Labute approximate surface area is 101 Å². The molecule has 0 aliphatic heterocycles. The van der Waals surface area contributed by atoms with Crippen molar-refractivity contribution in [2.24, 2.45) is 16.5 Å². The molecule has 0 saturated carbocycles. The number of nitrogens with two attached hydrogens (primary N) is 2. The van der Waals surface area contributed by atoms with Gasteiger partial charge in [-0.2, -0.15) is 0 Å². The van der Waals surface area contributed by atoms with Crippen molar-refractivity contribution in [2.45, 2.75) is 20.4 Å². The Kier molecular flexibility index (Phi) is 5.13. The molecule has 1 rings (SSSR count). The summed E-state index contributed by atoms with van der Waals surface area (Å²) in [5, 5.41) is 0. The molecule has 4 N–H and O–H groups in total. The summed E-state index contributed by atoms with van der Waals surface area (Å²) < 4.78 is 11.0. The van der Waals surface area contributed by atoms with E-state index in [1.165, 1.54) is 0 Å². The van der Waals surface area contributed by atoms with E-state index in [4.69, 9.17) is 20.9 Å². The Morgan fingerprint density at radius 2 is 1.76 bits per heavy atom. The fraction of sp³-hybridized carbons (Fsp3) is 0.417. The molecule has 5 heteroatoms. The first-order chi connectivity index (χ1) is 8.17. The summed E-state index contributed by atoms with van der Waals surface area (Å²) >= 11 is 0. The van der Waals surface area contributed by atoms with Gasteiger partial charge in [0.05, 0.1) is 19.8 Å². The quantitative estimate of drug-likeness (QED) is 0.576. The average Bonchev–Trinajstić information content (AvgIpc) is 2.30. The minimum Gasteiger partial charge on any atom is -0.490 e. The van der Waals surface area contributed by atoms with Gasteiger partial charge in [0.1, 0.15) is 0 Å². The van der Waals surface area contributed by atoms with E-state index >= 15 is 0 Å². The normalized spacial score (nSPS) is 9.76. The maximum absolute atomic E-state index is 5.50. The van der Waals surface area contributed by atoms with Crippen LogP contribution >= 0.6 is 0 Å². The fourth-order valence-electron chi connectivity index (χ4n) is 1.38. The lowest BCUT2D eigenvalue weighted by Crippen LogP contribution is -2.22. The summed E-state index contributed by atoms with van der Waals surface area (Å²) in [5.74, 6) is 1.54. The molecule has 0 aliphatic carbocycles. The van der Waals surface area contributed by atoms with Gasteiger partial charge in [-0.05, 0) is 31.5 Å². The highest BCUT2D eigenvalue weighted by molar-refractivity contribution is 5.75. The number of benzene rings is 1. The van der Waals surface area contributed by atoms with Gasteiger partial charge in [-0.1, -0.05) is 6.07 Å². The van der Waals surface area contributed by atoms with E-state index in [0.29, 0.717) is 19.8 Å². The maximum atomic E-state index is 5.50. The Morgan fingerprint density at radius 1 is 1.12 bits per heavy atom. The Morgan fingerprint density at radius 3 is 2.35 bits per heavy atom. The predicted molar refractivity (Wildman–Crippen MR) is 68.3 cm³/mol. The van der Waals surface area contributed by atoms with Crippen LogP contribution in [0.25, 0.3) is 0 Å². The third kappa shape index (κ3) is 4.22. The van der Waals surface area contributed by atoms with Crippen LogP contribution in [0.15, 0.2) is 23.2 Å². The Bertz CT molecular complexity index is 387. The molecule has 0 aromatic heterocycles. The van der Waals surface area contributed by atoms with Crippen LogP contribution in [0.2, 0.25) is 0 Å². The second-order valence-corrected chi connectivity index (χ2v) is 3.39. The number of nitrogens with zero attached hydrogens (tertiary/aromatic N) is 1. The zero-order chi connectivity index (χ0) is 12.7. The van der Waals surface area contributed by atoms with Crippen LogP contribution in [0.1, 0.15) is 19.4 Å². The SMILES string of the molecule is CCOc1ccc(CN=C(N)N)cc1OCC. The van der Waals surface area contributed by atoms with E-state index in [-0.39, 0.29) is 5.96 Å². The van der Waals surface area contributed by atoms with Crippen molar-refractivity contribution in [3.05, 3.63) is 23.8 Å². The molecule has 0 spiro atoms. The van der Waals surface area contributed by atoms with Crippen LogP contribution in [0.5, 0.6) is 11.5 Å². The molecule has 0 amide bonds. The summed E-state index contributed by atoms with van der Waals surface area (Å²) in [7, 11) is 0. The van der Waals surface area contributed by atoms with Crippen LogP contribution in [0.3, 0.4) is 0 Å². The molecule has 0 saturated heterocycles. The average molecular weight is 237 g/mol. The summed E-state index contributed by atoms with van der Waals surface area (Å²) in [6.45, 7) is 5.50. The van der Waals surface area contributed by atoms with Gasteiger partial charge in [0, 0.05) is 0 Å². The van der Waals surface area contributed by atoms with E-state index in [1.54, 1.807) is 0 Å². The van der Waals surface area contributed by atoms with Crippen LogP contribution in [0, 0.1) is 0 Å². The Hall–Kier alpha value is -1.91. The summed E-state index contributed by atoms with van der Waals surface area (Å²) in [6, 6.07) is 5.67. The van der Waals surface area contributed by atoms with Crippen LogP contribution < -0.4 is 20.9 Å². The number of rotatable bonds is 6. The molecule has 0 atom stereocenters. The van der Waals surface area contributed by atoms with Crippen molar-refractivity contribution in [1.29, 1.82) is 0 Å².